The smallest absolute Gasteiger partial charge is 0.339 e. The van der Waals surface area contributed by atoms with Crippen LogP contribution in [0.5, 0.6) is 11.6 Å². The first-order valence-electron chi connectivity index (χ1n) is 5.96. The summed E-state index contributed by atoms with van der Waals surface area (Å²) in [6.07, 6.45) is 2.41. The van der Waals surface area contributed by atoms with Crippen molar-refractivity contribution in [1.82, 2.24) is 4.98 Å². The number of aryl methyl sites for hydroxylation is 1. The van der Waals surface area contributed by atoms with Crippen molar-refractivity contribution in [1.29, 1.82) is 0 Å². The van der Waals surface area contributed by atoms with Crippen molar-refractivity contribution >= 4 is 15.8 Å². The van der Waals surface area contributed by atoms with Crippen molar-refractivity contribution in [2.45, 2.75) is 11.8 Å². The number of carboxylic acids is 1. The molecule has 0 unspecified atom stereocenters. The van der Waals surface area contributed by atoms with E-state index in [1.54, 1.807) is 19.1 Å². The van der Waals surface area contributed by atoms with Crippen LogP contribution < -0.4 is 4.74 Å². The molecule has 0 bridgehead atoms. The highest BCUT2D eigenvalue weighted by molar-refractivity contribution is 7.90. The van der Waals surface area contributed by atoms with Gasteiger partial charge in [0.15, 0.2) is 9.84 Å². The van der Waals surface area contributed by atoms with Gasteiger partial charge in [0.1, 0.15) is 16.2 Å². The van der Waals surface area contributed by atoms with E-state index >= 15 is 0 Å². The summed E-state index contributed by atoms with van der Waals surface area (Å²) < 4.78 is 28.9. The Morgan fingerprint density at radius 2 is 1.95 bits per heavy atom. The molecule has 6 nitrogen and oxygen atoms in total. The predicted molar refractivity (Wildman–Crippen MR) is 75.6 cm³/mol. The number of hydrogen-bond acceptors (Lipinski definition) is 5. The quantitative estimate of drug-likeness (QED) is 0.931. The van der Waals surface area contributed by atoms with Gasteiger partial charge in [0.2, 0.25) is 5.88 Å². The monoisotopic (exact) mass is 307 g/mol. The Balaban J connectivity index is 2.57. The summed E-state index contributed by atoms with van der Waals surface area (Å²) in [4.78, 5) is 15.0. The molecule has 0 spiro atoms. The fraction of sp³-hybridized carbons (Fsp3) is 0.143. The third-order valence-electron chi connectivity index (χ3n) is 2.78. The number of carbonyl (C=O) groups is 1. The van der Waals surface area contributed by atoms with E-state index in [9.17, 15) is 18.3 Å². The molecule has 0 saturated heterocycles. The molecule has 0 radical (unpaired) electrons. The zero-order valence-corrected chi connectivity index (χ0v) is 12.2. The van der Waals surface area contributed by atoms with E-state index in [0.29, 0.717) is 5.56 Å². The van der Waals surface area contributed by atoms with Crippen molar-refractivity contribution in [3.63, 3.8) is 0 Å². The van der Waals surface area contributed by atoms with Crippen LogP contribution >= 0.6 is 0 Å². The molecule has 0 fully saturated rings. The molecular formula is C14H13NO5S. The minimum Gasteiger partial charge on any atom is -0.478 e. The van der Waals surface area contributed by atoms with Gasteiger partial charge in [-0.1, -0.05) is 12.1 Å². The molecule has 0 amide bonds. The molecule has 1 aromatic carbocycles. The first-order chi connectivity index (χ1) is 9.80. The molecule has 1 N–H and O–H groups in total. The van der Waals surface area contributed by atoms with Crippen LogP contribution in [0.2, 0.25) is 0 Å². The highest BCUT2D eigenvalue weighted by Crippen LogP contribution is 2.31. The van der Waals surface area contributed by atoms with Gasteiger partial charge in [-0.15, -0.1) is 0 Å². The van der Waals surface area contributed by atoms with E-state index in [4.69, 9.17) is 4.74 Å². The number of carboxylic acid groups (broad SMARTS) is 1. The summed E-state index contributed by atoms with van der Waals surface area (Å²) in [7, 11) is -3.53. The molecule has 0 aliphatic carbocycles. The minimum atomic E-state index is -3.53. The maximum absolute atomic E-state index is 11.7. The van der Waals surface area contributed by atoms with E-state index in [1.165, 1.54) is 24.4 Å². The van der Waals surface area contributed by atoms with Crippen molar-refractivity contribution in [3.8, 4) is 11.6 Å². The lowest BCUT2D eigenvalue weighted by Crippen LogP contribution is -2.05. The number of aromatic nitrogens is 1. The first kappa shape index (κ1) is 15.0. The summed E-state index contributed by atoms with van der Waals surface area (Å²) in [6, 6.07) is 7.47. The SMILES string of the molecule is Cc1cccc(C(=O)O)c1Oc1ncccc1S(C)(=O)=O. The Labute approximate surface area is 121 Å². The van der Waals surface area contributed by atoms with Crippen LogP contribution in [0.3, 0.4) is 0 Å². The number of sulfone groups is 1. The number of benzene rings is 1. The first-order valence-corrected chi connectivity index (χ1v) is 7.85. The van der Waals surface area contributed by atoms with E-state index in [-0.39, 0.29) is 22.1 Å². The average molecular weight is 307 g/mol. The molecule has 2 rings (SSSR count). The molecule has 110 valence electrons. The van der Waals surface area contributed by atoms with Crippen molar-refractivity contribution < 1.29 is 23.1 Å². The standard InChI is InChI=1S/C14H13NO5S/c1-9-5-3-6-10(14(16)17)12(9)20-13-11(21(2,18)19)7-4-8-15-13/h3-8H,1-2H3,(H,16,17). The van der Waals surface area contributed by atoms with Crippen LogP contribution in [0.25, 0.3) is 0 Å². The van der Waals surface area contributed by atoms with Crippen molar-refractivity contribution in [3.05, 3.63) is 47.7 Å². The van der Waals surface area contributed by atoms with Crippen LogP contribution in [-0.2, 0) is 9.84 Å². The molecule has 2 aromatic rings. The van der Waals surface area contributed by atoms with Crippen LogP contribution in [0.15, 0.2) is 41.4 Å². The maximum Gasteiger partial charge on any atom is 0.339 e. The predicted octanol–water partition coefficient (Wildman–Crippen LogP) is 2.28. The largest absolute Gasteiger partial charge is 0.478 e. The third kappa shape index (κ3) is 3.19. The topological polar surface area (TPSA) is 93.6 Å². The van der Waals surface area contributed by atoms with Gasteiger partial charge < -0.3 is 9.84 Å². The van der Waals surface area contributed by atoms with Crippen LogP contribution in [0.4, 0.5) is 0 Å². The Bertz CT molecular complexity index is 799. The van der Waals surface area contributed by atoms with Gasteiger partial charge in [-0.05, 0) is 30.7 Å². The molecule has 0 atom stereocenters. The Morgan fingerprint density at radius 1 is 1.24 bits per heavy atom. The second-order valence-electron chi connectivity index (χ2n) is 4.44. The second kappa shape index (κ2) is 5.53. The lowest BCUT2D eigenvalue weighted by Gasteiger charge is -2.12. The highest BCUT2D eigenvalue weighted by atomic mass is 32.2. The molecule has 7 heteroatoms. The van der Waals surface area contributed by atoms with Gasteiger partial charge in [0, 0.05) is 12.5 Å². The summed E-state index contributed by atoms with van der Waals surface area (Å²) in [6.45, 7) is 1.67. The molecule has 1 heterocycles. The summed E-state index contributed by atoms with van der Waals surface area (Å²) >= 11 is 0. The van der Waals surface area contributed by atoms with Gasteiger partial charge in [-0.25, -0.2) is 18.2 Å². The van der Waals surface area contributed by atoms with Gasteiger partial charge >= 0.3 is 5.97 Å². The molecular weight excluding hydrogens is 294 g/mol. The van der Waals surface area contributed by atoms with E-state index in [1.807, 2.05) is 0 Å². The van der Waals surface area contributed by atoms with Gasteiger partial charge in [-0.3, -0.25) is 0 Å². The Hall–Kier alpha value is -2.41. The molecule has 0 saturated carbocycles. The van der Waals surface area contributed by atoms with Crippen molar-refractivity contribution in [2.75, 3.05) is 6.26 Å². The normalized spacial score (nSPS) is 11.1. The van der Waals surface area contributed by atoms with E-state index in [2.05, 4.69) is 4.98 Å². The number of rotatable bonds is 4. The van der Waals surface area contributed by atoms with E-state index in [0.717, 1.165) is 6.26 Å². The van der Waals surface area contributed by atoms with Crippen LogP contribution in [0, 0.1) is 6.92 Å². The van der Waals surface area contributed by atoms with E-state index < -0.39 is 15.8 Å². The molecule has 0 aliphatic heterocycles. The van der Waals surface area contributed by atoms with Crippen molar-refractivity contribution in [2.24, 2.45) is 0 Å². The molecule has 1 aromatic heterocycles. The number of aromatic carboxylic acids is 1. The molecule has 0 aliphatic rings. The fourth-order valence-corrected chi connectivity index (χ4v) is 2.53. The number of pyridine rings is 1. The van der Waals surface area contributed by atoms with Crippen LogP contribution in [-0.4, -0.2) is 30.7 Å². The lowest BCUT2D eigenvalue weighted by molar-refractivity contribution is 0.0694. The number of nitrogens with zero attached hydrogens (tertiary/aromatic N) is 1. The second-order valence-corrected chi connectivity index (χ2v) is 6.42. The zero-order valence-electron chi connectivity index (χ0n) is 11.4. The highest BCUT2D eigenvalue weighted by Gasteiger charge is 2.20. The van der Waals surface area contributed by atoms with Gasteiger partial charge in [0.25, 0.3) is 0 Å². The summed E-state index contributed by atoms with van der Waals surface area (Å²) in [5.41, 5.74) is 0.514. The van der Waals surface area contributed by atoms with Gasteiger partial charge in [-0.2, -0.15) is 0 Å². The summed E-state index contributed by atoms with van der Waals surface area (Å²) in [5, 5.41) is 9.18. The Kier molecular flexibility index (Phi) is 3.95. The lowest BCUT2D eigenvalue weighted by atomic mass is 10.1. The fourth-order valence-electron chi connectivity index (χ4n) is 1.79. The number of ether oxygens (including phenoxy) is 1. The third-order valence-corrected chi connectivity index (χ3v) is 3.89. The van der Waals surface area contributed by atoms with Gasteiger partial charge in [0.05, 0.1) is 0 Å². The zero-order chi connectivity index (χ0) is 15.6. The summed E-state index contributed by atoms with van der Waals surface area (Å²) in [5.74, 6) is -1.23. The number of hydrogen-bond donors (Lipinski definition) is 1. The number of para-hydroxylation sites is 1. The Morgan fingerprint density at radius 3 is 2.57 bits per heavy atom. The van der Waals surface area contributed by atoms with Crippen LogP contribution in [0.1, 0.15) is 15.9 Å². The maximum atomic E-state index is 11.7. The minimum absolute atomic E-state index is 0.0555. The average Bonchev–Trinajstić information content (AvgIpc) is 2.40. The molecule has 21 heavy (non-hydrogen) atoms.